The van der Waals surface area contributed by atoms with Gasteiger partial charge in [0.2, 0.25) is 0 Å². The second-order valence-corrected chi connectivity index (χ2v) is 7.41. The van der Waals surface area contributed by atoms with E-state index in [1.165, 1.54) is 0 Å². The minimum Gasteiger partial charge on any atom is -0.324 e. The average Bonchev–Trinajstić information content (AvgIpc) is 2.85. The Hall–Kier alpha value is -3.91. The lowest BCUT2D eigenvalue weighted by Gasteiger charge is -2.31. The predicted octanol–water partition coefficient (Wildman–Crippen LogP) is 6.78. The van der Waals surface area contributed by atoms with E-state index in [1.807, 2.05) is 89.8 Å². The van der Waals surface area contributed by atoms with Crippen LogP contribution in [0.1, 0.15) is 33.1 Å². The molecule has 4 aromatic rings. The molecule has 0 aliphatic rings. The Labute approximate surface area is 184 Å². The van der Waals surface area contributed by atoms with Crippen molar-refractivity contribution in [2.24, 2.45) is 0 Å². The molecule has 0 N–H and O–H groups in total. The quantitative estimate of drug-likeness (QED) is 0.333. The Balaban J connectivity index is 1.76. The predicted molar refractivity (Wildman–Crippen MR) is 127 cm³/mol. The number of hydrogen-bond acceptors (Lipinski definition) is 1. The van der Waals surface area contributed by atoms with E-state index in [9.17, 15) is 4.79 Å². The minimum atomic E-state index is -0.200. The fourth-order valence-electron chi connectivity index (χ4n) is 3.63. The third-order valence-corrected chi connectivity index (χ3v) is 5.22. The van der Waals surface area contributed by atoms with Crippen LogP contribution in [-0.4, -0.2) is 10.8 Å². The molecule has 0 saturated carbocycles. The van der Waals surface area contributed by atoms with Gasteiger partial charge in [-0.05, 0) is 28.8 Å². The number of hydrogen-bond donors (Lipinski definition) is 0. The normalized spacial score (nSPS) is 11.9. The zero-order valence-electron chi connectivity index (χ0n) is 17.3. The van der Waals surface area contributed by atoms with E-state index >= 15 is 0 Å². The number of rotatable bonds is 7. The number of nitrogens with zero attached hydrogens (tertiary/aromatic N) is 1. The third-order valence-electron chi connectivity index (χ3n) is 5.22. The smallest absolute Gasteiger partial charge is 0.254 e. The molecule has 152 valence electrons. The van der Waals surface area contributed by atoms with Crippen LogP contribution in [0, 0.1) is 0 Å². The fourth-order valence-corrected chi connectivity index (χ4v) is 3.63. The molecule has 0 bridgehead atoms. The SMILES string of the molecule is O=C(c1ccccc1)N(Cc1ccccc1)[C@H](/C=C/c1ccccc1)c1ccccc1. The maximum atomic E-state index is 13.7. The number of carbonyl (C=O) groups is 1. The van der Waals surface area contributed by atoms with Crippen LogP contribution in [0.25, 0.3) is 6.08 Å². The lowest BCUT2D eigenvalue weighted by atomic mass is 10.0. The molecular weight excluding hydrogens is 378 g/mol. The second-order valence-electron chi connectivity index (χ2n) is 7.41. The summed E-state index contributed by atoms with van der Waals surface area (Å²) in [6.45, 7) is 0.521. The molecule has 0 saturated heterocycles. The van der Waals surface area contributed by atoms with Gasteiger partial charge in [0.15, 0.2) is 0 Å². The third kappa shape index (κ3) is 5.37. The highest BCUT2D eigenvalue weighted by molar-refractivity contribution is 5.94. The van der Waals surface area contributed by atoms with E-state index in [-0.39, 0.29) is 11.9 Å². The molecule has 0 radical (unpaired) electrons. The summed E-state index contributed by atoms with van der Waals surface area (Å²) in [7, 11) is 0. The summed E-state index contributed by atoms with van der Waals surface area (Å²) in [5.41, 5.74) is 3.97. The maximum Gasteiger partial charge on any atom is 0.254 e. The van der Waals surface area contributed by atoms with Crippen molar-refractivity contribution in [3.8, 4) is 0 Å². The molecule has 4 aromatic carbocycles. The van der Waals surface area contributed by atoms with Crippen LogP contribution in [0.4, 0.5) is 0 Å². The van der Waals surface area contributed by atoms with Crippen LogP contribution in [-0.2, 0) is 6.54 Å². The zero-order valence-corrected chi connectivity index (χ0v) is 17.3. The van der Waals surface area contributed by atoms with Gasteiger partial charge < -0.3 is 4.90 Å². The van der Waals surface area contributed by atoms with E-state index in [0.29, 0.717) is 12.1 Å². The van der Waals surface area contributed by atoms with Crippen molar-refractivity contribution in [2.45, 2.75) is 12.6 Å². The van der Waals surface area contributed by atoms with Crippen LogP contribution in [0.3, 0.4) is 0 Å². The summed E-state index contributed by atoms with van der Waals surface area (Å²) in [6, 6.07) is 39.8. The van der Waals surface area contributed by atoms with Crippen molar-refractivity contribution in [1.82, 2.24) is 4.90 Å². The van der Waals surface area contributed by atoms with Crippen LogP contribution in [0.5, 0.6) is 0 Å². The summed E-state index contributed by atoms with van der Waals surface area (Å²) < 4.78 is 0. The van der Waals surface area contributed by atoms with E-state index in [2.05, 4.69) is 48.6 Å². The molecule has 4 rings (SSSR count). The standard InChI is InChI=1S/C29H25NO/c31-29(27-19-11-4-12-20-27)30(23-25-15-7-2-8-16-25)28(26-17-9-3-10-18-26)22-21-24-13-5-1-6-14-24/h1-22,28H,23H2/b22-21+/t28-/m1/s1. The summed E-state index contributed by atoms with van der Waals surface area (Å²) in [6.07, 6.45) is 4.21. The van der Waals surface area contributed by atoms with E-state index < -0.39 is 0 Å². The maximum absolute atomic E-state index is 13.7. The number of carbonyl (C=O) groups excluding carboxylic acids is 1. The van der Waals surface area contributed by atoms with Crippen molar-refractivity contribution < 1.29 is 4.79 Å². The van der Waals surface area contributed by atoms with Gasteiger partial charge in [-0.3, -0.25) is 4.79 Å². The first kappa shape index (κ1) is 20.4. The van der Waals surface area contributed by atoms with Crippen molar-refractivity contribution in [3.05, 3.63) is 150 Å². The molecule has 2 heteroatoms. The lowest BCUT2D eigenvalue weighted by Crippen LogP contribution is -2.33. The first-order chi connectivity index (χ1) is 15.3. The summed E-state index contributed by atoms with van der Waals surface area (Å²) in [5.74, 6) is 0.0102. The summed E-state index contributed by atoms with van der Waals surface area (Å²) in [5, 5.41) is 0. The molecule has 0 fully saturated rings. The van der Waals surface area contributed by atoms with Crippen molar-refractivity contribution in [2.75, 3.05) is 0 Å². The highest BCUT2D eigenvalue weighted by Gasteiger charge is 2.24. The highest BCUT2D eigenvalue weighted by Crippen LogP contribution is 2.27. The average molecular weight is 404 g/mol. The van der Waals surface area contributed by atoms with Crippen LogP contribution in [0.2, 0.25) is 0 Å². The van der Waals surface area contributed by atoms with Crippen LogP contribution in [0.15, 0.2) is 127 Å². The number of amides is 1. The van der Waals surface area contributed by atoms with E-state index in [0.717, 1.165) is 16.7 Å². The summed E-state index contributed by atoms with van der Waals surface area (Å²) >= 11 is 0. The van der Waals surface area contributed by atoms with Gasteiger partial charge in [-0.2, -0.15) is 0 Å². The molecule has 0 aliphatic heterocycles. The topological polar surface area (TPSA) is 20.3 Å². The van der Waals surface area contributed by atoms with Crippen molar-refractivity contribution in [1.29, 1.82) is 0 Å². The van der Waals surface area contributed by atoms with Gasteiger partial charge >= 0.3 is 0 Å². The van der Waals surface area contributed by atoms with Crippen LogP contribution < -0.4 is 0 Å². The van der Waals surface area contributed by atoms with Gasteiger partial charge in [-0.25, -0.2) is 0 Å². The Morgan fingerprint density at radius 1 is 0.677 bits per heavy atom. The van der Waals surface area contributed by atoms with Gasteiger partial charge in [-0.15, -0.1) is 0 Å². The Bertz CT molecular complexity index is 1110. The highest BCUT2D eigenvalue weighted by atomic mass is 16.2. The molecule has 0 unspecified atom stereocenters. The first-order valence-electron chi connectivity index (χ1n) is 10.5. The lowest BCUT2D eigenvalue weighted by molar-refractivity contribution is 0.0697. The molecule has 0 aliphatic carbocycles. The zero-order chi connectivity index (χ0) is 21.3. The van der Waals surface area contributed by atoms with E-state index in [4.69, 9.17) is 0 Å². The van der Waals surface area contributed by atoms with E-state index in [1.54, 1.807) is 0 Å². The van der Waals surface area contributed by atoms with Gasteiger partial charge in [0.25, 0.3) is 5.91 Å². The molecule has 2 nitrogen and oxygen atoms in total. The number of benzene rings is 4. The first-order valence-corrected chi connectivity index (χ1v) is 10.5. The van der Waals surface area contributed by atoms with Gasteiger partial charge in [-0.1, -0.05) is 121 Å². The van der Waals surface area contributed by atoms with Gasteiger partial charge in [0.1, 0.15) is 0 Å². The van der Waals surface area contributed by atoms with Gasteiger partial charge in [0.05, 0.1) is 6.04 Å². The second kappa shape index (κ2) is 10.2. The largest absolute Gasteiger partial charge is 0.324 e. The minimum absolute atomic E-state index is 0.0102. The monoisotopic (exact) mass is 403 g/mol. The summed E-state index contributed by atoms with van der Waals surface area (Å²) in [4.78, 5) is 15.6. The fraction of sp³-hybridized carbons (Fsp3) is 0.0690. The molecule has 0 spiro atoms. The Morgan fingerprint density at radius 2 is 1.19 bits per heavy atom. The molecule has 0 aromatic heterocycles. The van der Waals surface area contributed by atoms with Crippen LogP contribution >= 0.6 is 0 Å². The molecule has 31 heavy (non-hydrogen) atoms. The molecule has 0 heterocycles. The molecule has 1 amide bonds. The van der Waals surface area contributed by atoms with Gasteiger partial charge in [0, 0.05) is 12.1 Å². The Morgan fingerprint density at radius 3 is 1.81 bits per heavy atom. The van der Waals surface area contributed by atoms with Crippen molar-refractivity contribution >= 4 is 12.0 Å². The molecular formula is C29H25NO. The Kier molecular flexibility index (Phi) is 6.71. The molecule has 1 atom stereocenters. The van der Waals surface area contributed by atoms with Crippen molar-refractivity contribution in [3.63, 3.8) is 0 Å².